The maximum absolute atomic E-state index is 11.5. The van der Waals surface area contributed by atoms with E-state index in [1.807, 2.05) is 30.3 Å². The fourth-order valence-electron chi connectivity index (χ4n) is 1.89. The van der Waals surface area contributed by atoms with E-state index in [0.717, 1.165) is 5.56 Å². The van der Waals surface area contributed by atoms with Crippen LogP contribution in [-0.4, -0.2) is 29.5 Å². The van der Waals surface area contributed by atoms with Crippen molar-refractivity contribution in [3.05, 3.63) is 35.9 Å². The van der Waals surface area contributed by atoms with Crippen molar-refractivity contribution in [3.63, 3.8) is 0 Å². The summed E-state index contributed by atoms with van der Waals surface area (Å²) in [5.41, 5.74) is 1.06. The van der Waals surface area contributed by atoms with Gasteiger partial charge in [-0.3, -0.25) is 9.59 Å². The number of ether oxygens (including phenoxy) is 1. The second-order valence-electron chi connectivity index (χ2n) is 4.69. The molecule has 2 amide bonds. The number of nitrogens with zero attached hydrogens (tertiary/aromatic N) is 1. The Morgan fingerprint density at radius 2 is 1.76 bits per heavy atom. The Balaban J connectivity index is 1.59. The highest BCUT2D eigenvalue weighted by atomic mass is 16.7. The highest BCUT2D eigenvalue weighted by molar-refractivity contribution is 6.01. The summed E-state index contributed by atoms with van der Waals surface area (Å²) in [5.74, 6) is -1.52. The van der Waals surface area contributed by atoms with Gasteiger partial charge in [0.2, 0.25) is 0 Å². The van der Waals surface area contributed by atoms with Gasteiger partial charge >= 0.3 is 5.97 Å². The monoisotopic (exact) mass is 291 g/mol. The third-order valence-corrected chi connectivity index (χ3v) is 2.98. The molecule has 0 atom stereocenters. The Morgan fingerprint density at radius 1 is 1.10 bits per heavy atom. The van der Waals surface area contributed by atoms with E-state index in [2.05, 4.69) is 0 Å². The number of hydrogen-bond donors (Lipinski definition) is 0. The van der Waals surface area contributed by atoms with E-state index in [0.29, 0.717) is 24.7 Å². The molecule has 1 aliphatic heterocycles. The summed E-state index contributed by atoms with van der Waals surface area (Å²) in [5, 5.41) is 0.563. The van der Waals surface area contributed by atoms with Crippen LogP contribution in [0.25, 0.3) is 0 Å². The zero-order valence-corrected chi connectivity index (χ0v) is 11.6. The molecule has 0 aliphatic carbocycles. The maximum Gasteiger partial charge on any atom is 0.333 e. The molecule has 0 aromatic heterocycles. The molecule has 112 valence electrons. The SMILES string of the molecule is O=C(CCCOCc1ccccc1)ON1C(=O)CCC1=O. The maximum atomic E-state index is 11.5. The molecule has 0 bridgehead atoms. The summed E-state index contributed by atoms with van der Waals surface area (Å²) in [6.07, 6.45) is 0.784. The predicted octanol–water partition coefficient (Wildman–Crippen LogP) is 1.59. The van der Waals surface area contributed by atoms with Gasteiger partial charge in [-0.25, -0.2) is 4.79 Å². The van der Waals surface area contributed by atoms with Crippen molar-refractivity contribution < 1.29 is 24.0 Å². The van der Waals surface area contributed by atoms with Crippen molar-refractivity contribution in [2.45, 2.75) is 32.3 Å². The molecule has 0 unspecified atom stereocenters. The normalized spacial score (nSPS) is 14.6. The van der Waals surface area contributed by atoms with Crippen molar-refractivity contribution in [1.29, 1.82) is 0 Å². The lowest BCUT2D eigenvalue weighted by molar-refractivity contribution is -0.197. The van der Waals surface area contributed by atoms with Crippen LogP contribution in [0.1, 0.15) is 31.2 Å². The van der Waals surface area contributed by atoms with E-state index in [9.17, 15) is 14.4 Å². The first-order chi connectivity index (χ1) is 10.2. The van der Waals surface area contributed by atoms with Crippen LogP contribution in [0.5, 0.6) is 0 Å². The van der Waals surface area contributed by atoms with Crippen LogP contribution >= 0.6 is 0 Å². The molecule has 1 heterocycles. The van der Waals surface area contributed by atoms with Crippen LogP contribution < -0.4 is 0 Å². The van der Waals surface area contributed by atoms with Crippen LogP contribution in [0.2, 0.25) is 0 Å². The van der Waals surface area contributed by atoms with Gasteiger partial charge in [0.25, 0.3) is 11.8 Å². The molecule has 0 saturated carbocycles. The van der Waals surface area contributed by atoms with Gasteiger partial charge in [0.1, 0.15) is 0 Å². The van der Waals surface area contributed by atoms with Crippen LogP contribution in [-0.2, 0) is 30.6 Å². The fourth-order valence-corrected chi connectivity index (χ4v) is 1.89. The lowest BCUT2D eigenvalue weighted by Crippen LogP contribution is -2.32. The molecule has 1 aromatic carbocycles. The average Bonchev–Trinajstić information content (AvgIpc) is 2.80. The molecule has 21 heavy (non-hydrogen) atoms. The summed E-state index contributed by atoms with van der Waals surface area (Å²) >= 11 is 0. The Morgan fingerprint density at radius 3 is 2.43 bits per heavy atom. The minimum absolute atomic E-state index is 0.103. The molecule has 1 fully saturated rings. The topological polar surface area (TPSA) is 72.9 Å². The second-order valence-corrected chi connectivity index (χ2v) is 4.69. The van der Waals surface area contributed by atoms with Gasteiger partial charge in [0.15, 0.2) is 0 Å². The first-order valence-corrected chi connectivity index (χ1v) is 6.85. The minimum Gasteiger partial charge on any atom is -0.377 e. The Labute approximate surface area is 122 Å². The zero-order valence-electron chi connectivity index (χ0n) is 11.6. The number of amides is 2. The van der Waals surface area contributed by atoms with Gasteiger partial charge in [0.05, 0.1) is 13.0 Å². The molecule has 6 nitrogen and oxygen atoms in total. The highest BCUT2D eigenvalue weighted by Crippen LogP contribution is 2.13. The summed E-state index contributed by atoms with van der Waals surface area (Å²) in [7, 11) is 0. The number of hydrogen-bond acceptors (Lipinski definition) is 5. The summed E-state index contributed by atoms with van der Waals surface area (Å²) in [4.78, 5) is 38.8. The fraction of sp³-hybridized carbons (Fsp3) is 0.400. The zero-order chi connectivity index (χ0) is 15.1. The Bertz CT molecular complexity index is 498. The van der Waals surface area contributed by atoms with Crippen molar-refractivity contribution in [2.24, 2.45) is 0 Å². The molecule has 6 heteroatoms. The molecule has 1 aliphatic rings. The largest absolute Gasteiger partial charge is 0.377 e. The smallest absolute Gasteiger partial charge is 0.333 e. The van der Waals surface area contributed by atoms with Gasteiger partial charge in [0, 0.05) is 19.4 Å². The lowest BCUT2D eigenvalue weighted by Gasteiger charge is -2.12. The minimum atomic E-state index is -0.595. The number of hydroxylamine groups is 2. The van der Waals surface area contributed by atoms with Gasteiger partial charge < -0.3 is 9.57 Å². The lowest BCUT2D eigenvalue weighted by atomic mass is 10.2. The van der Waals surface area contributed by atoms with E-state index in [-0.39, 0.29) is 19.3 Å². The average molecular weight is 291 g/mol. The van der Waals surface area contributed by atoms with Crippen molar-refractivity contribution >= 4 is 17.8 Å². The number of benzene rings is 1. The van der Waals surface area contributed by atoms with Gasteiger partial charge in [-0.1, -0.05) is 30.3 Å². The highest BCUT2D eigenvalue weighted by Gasteiger charge is 2.32. The molecule has 1 aromatic rings. The molecule has 1 saturated heterocycles. The van der Waals surface area contributed by atoms with E-state index in [1.165, 1.54) is 0 Å². The summed E-state index contributed by atoms with van der Waals surface area (Å²) in [6, 6.07) is 9.71. The van der Waals surface area contributed by atoms with Gasteiger partial charge in [-0.15, -0.1) is 5.06 Å². The van der Waals surface area contributed by atoms with Crippen molar-refractivity contribution in [1.82, 2.24) is 5.06 Å². The number of imide groups is 1. The number of carbonyl (C=O) groups is 3. The van der Waals surface area contributed by atoms with Crippen LogP contribution in [0.3, 0.4) is 0 Å². The molecular formula is C15H17NO5. The quantitative estimate of drug-likeness (QED) is 0.563. The van der Waals surface area contributed by atoms with Gasteiger partial charge in [-0.05, 0) is 12.0 Å². The summed E-state index contributed by atoms with van der Waals surface area (Å²) < 4.78 is 5.43. The van der Waals surface area contributed by atoms with E-state index in [4.69, 9.17) is 9.57 Å². The molecule has 0 spiro atoms. The standard InChI is InChI=1S/C15H17NO5/c17-13-8-9-14(18)16(13)21-15(19)7-4-10-20-11-12-5-2-1-3-6-12/h1-3,5-6H,4,7-11H2. The molecule has 0 N–H and O–H groups in total. The van der Waals surface area contributed by atoms with E-state index < -0.39 is 17.8 Å². The first kappa shape index (κ1) is 15.2. The third kappa shape index (κ3) is 4.68. The Kier molecular flexibility index (Phi) is 5.45. The third-order valence-electron chi connectivity index (χ3n) is 2.98. The first-order valence-electron chi connectivity index (χ1n) is 6.85. The van der Waals surface area contributed by atoms with E-state index >= 15 is 0 Å². The van der Waals surface area contributed by atoms with Crippen LogP contribution in [0.15, 0.2) is 30.3 Å². The van der Waals surface area contributed by atoms with Crippen LogP contribution in [0.4, 0.5) is 0 Å². The number of rotatable bonds is 7. The molecule has 0 radical (unpaired) electrons. The molecular weight excluding hydrogens is 274 g/mol. The van der Waals surface area contributed by atoms with E-state index in [1.54, 1.807) is 0 Å². The Hall–Kier alpha value is -2.21. The molecule has 2 rings (SSSR count). The number of carbonyl (C=O) groups excluding carboxylic acids is 3. The summed E-state index contributed by atoms with van der Waals surface area (Å²) in [6.45, 7) is 0.894. The predicted molar refractivity (Wildman–Crippen MR) is 72.5 cm³/mol. The van der Waals surface area contributed by atoms with Crippen molar-refractivity contribution in [3.8, 4) is 0 Å². The van der Waals surface area contributed by atoms with Crippen molar-refractivity contribution in [2.75, 3.05) is 6.61 Å². The second kappa shape index (κ2) is 7.54. The van der Waals surface area contributed by atoms with Crippen LogP contribution in [0, 0.1) is 0 Å². The van der Waals surface area contributed by atoms with Gasteiger partial charge in [-0.2, -0.15) is 0 Å².